The molecule has 0 saturated heterocycles. The number of H-pyrrole nitrogens is 1. The minimum atomic E-state index is -0.213. The Morgan fingerprint density at radius 2 is 1.87 bits per heavy atom. The number of aromatic amines is 1. The van der Waals surface area contributed by atoms with Crippen LogP contribution >= 0.6 is 11.3 Å². The molecule has 7 nitrogen and oxygen atoms in total. The Kier molecular flexibility index (Phi) is 4.51. The fourth-order valence-electron chi connectivity index (χ4n) is 4.02. The lowest BCUT2D eigenvalue weighted by Gasteiger charge is -2.10. The fourth-order valence-corrected chi connectivity index (χ4v) is 5.32. The summed E-state index contributed by atoms with van der Waals surface area (Å²) in [6.07, 6.45) is 5.63. The van der Waals surface area contributed by atoms with Crippen molar-refractivity contribution in [3.63, 3.8) is 0 Å². The Balaban J connectivity index is 1.61. The van der Waals surface area contributed by atoms with Crippen molar-refractivity contribution in [2.75, 3.05) is 0 Å². The summed E-state index contributed by atoms with van der Waals surface area (Å²) in [5, 5.41) is 8.13. The first-order chi connectivity index (χ1) is 14.5. The van der Waals surface area contributed by atoms with Gasteiger partial charge >= 0.3 is 0 Å². The van der Waals surface area contributed by atoms with Gasteiger partial charge in [0, 0.05) is 10.6 Å². The third-order valence-electron chi connectivity index (χ3n) is 5.56. The molecule has 0 bridgehead atoms. The van der Waals surface area contributed by atoms with Crippen LogP contribution < -0.4 is 11.1 Å². The van der Waals surface area contributed by atoms with E-state index in [0.717, 1.165) is 41.8 Å². The van der Waals surface area contributed by atoms with Crippen LogP contribution in [0.1, 0.15) is 40.4 Å². The number of thiophene rings is 1. The van der Waals surface area contributed by atoms with Crippen LogP contribution in [0.3, 0.4) is 0 Å². The molecule has 0 radical (unpaired) electrons. The van der Waals surface area contributed by atoms with Gasteiger partial charge < -0.3 is 0 Å². The SMILES string of the molecule is Cc1[nH]n(-c2ccccc2)c(=O)c1/C=N/n1c(C)nc2sc3c(c2c1=O)CCCC3. The second kappa shape index (κ2) is 7.21. The molecule has 1 aromatic carbocycles. The van der Waals surface area contributed by atoms with Gasteiger partial charge in [-0.1, -0.05) is 18.2 Å². The molecule has 8 heteroatoms. The number of nitrogens with one attached hydrogen (secondary N) is 1. The van der Waals surface area contributed by atoms with Gasteiger partial charge in [-0.3, -0.25) is 14.7 Å². The summed E-state index contributed by atoms with van der Waals surface area (Å²) in [6.45, 7) is 3.58. The van der Waals surface area contributed by atoms with Gasteiger partial charge in [0.25, 0.3) is 11.1 Å². The van der Waals surface area contributed by atoms with Crippen LogP contribution in [0.25, 0.3) is 15.9 Å². The summed E-state index contributed by atoms with van der Waals surface area (Å²) in [5.41, 5.74) is 2.59. The Hall–Kier alpha value is -3.26. The van der Waals surface area contributed by atoms with E-state index in [4.69, 9.17) is 0 Å². The lowest BCUT2D eigenvalue weighted by molar-refractivity contribution is 0.698. The van der Waals surface area contributed by atoms with E-state index >= 15 is 0 Å². The molecule has 30 heavy (non-hydrogen) atoms. The van der Waals surface area contributed by atoms with Crippen molar-refractivity contribution >= 4 is 27.8 Å². The van der Waals surface area contributed by atoms with Gasteiger partial charge in [-0.2, -0.15) is 9.78 Å². The average molecular weight is 420 g/mol. The van der Waals surface area contributed by atoms with Gasteiger partial charge in [-0.05, 0) is 57.2 Å². The van der Waals surface area contributed by atoms with E-state index in [1.165, 1.54) is 20.4 Å². The summed E-state index contributed by atoms with van der Waals surface area (Å²) in [4.78, 5) is 32.8. The molecular weight excluding hydrogens is 398 g/mol. The van der Waals surface area contributed by atoms with Gasteiger partial charge in [0.1, 0.15) is 10.7 Å². The topological polar surface area (TPSA) is 85.0 Å². The summed E-state index contributed by atoms with van der Waals surface area (Å²) in [6, 6.07) is 9.34. The van der Waals surface area contributed by atoms with Crippen LogP contribution in [-0.2, 0) is 12.8 Å². The quantitative estimate of drug-likeness (QED) is 0.517. The molecule has 4 aromatic rings. The molecule has 0 unspecified atom stereocenters. The lowest BCUT2D eigenvalue weighted by atomic mass is 9.97. The Morgan fingerprint density at radius 3 is 2.67 bits per heavy atom. The van der Waals surface area contributed by atoms with Crippen molar-refractivity contribution in [1.82, 2.24) is 19.4 Å². The highest BCUT2D eigenvalue weighted by atomic mass is 32.1. The zero-order valence-corrected chi connectivity index (χ0v) is 17.6. The number of hydrogen-bond donors (Lipinski definition) is 1. The minimum Gasteiger partial charge on any atom is -0.295 e. The van der Waals surface area contributed by atoms with E-state index in [-0.39, 0.29) is 11.1 Å². The molecule has 5 rings (SSSR count). The number of aromatic nitrogens is 4. The highest BCUT2D eigenvalue weighted by Gasteiger charge is 2.21. The zero-order valence-electron chi connectivity index (χ0n) is 16.8. The maximum atomic E-state index is 13.2. The second-order valence-electron chi connectivity index (χ2n) is 7.54. The first-order valence-electron chi connectivity index (χ1n) is 10.00. The van der Waals surface area contributed by atoms with Crippen LogP contribution in [0.5, 0.6) is 0 Å². The highest BCUT2D eigenvalue weighted by molar-refractivity contribution is 7.18. The van der Waals surface area contributed by atoms with Crippen molar-refractivity contribution in [3.05, 3.63) is 78.6 Å². The molecule has 0 atom stereocenters. The predicted octanol–water partition coefficient (Wildman–Crippen LogP) is 3.31. The van der Waals surface area contributed by atoms with E-state index in [2.05, 4.69) is 15.2 Å². The van der Waals surface area contributed by atoms with Crippen molar-refractivity contribution < 1.29 is 0 Å². The Morgan fingerprint density at radius 1 is 1.10 bits per heavy atom. The number of para-hydroxylation sites is 1. The van der Waals surface area contributed by atoms with Crippen molar-refractivity contribution in [2.24, 2.45) is 5.10 Å². The van der Waals surface area contributed by atoms with Gasteiger partial charge in [-0.25, -0.2) is 9.67 Å². The average Bonchev–Trinajstić information content (AvgIpc) is 3.25. The van der Waals surface area contributed by atoms with Crippen molar-refractivity contribution in [1.29, 1.82) is 0 Å². The third-order valence-corrected chi connectivity index (χ3v) is 6.75. The van der Waals surface area contributed by atoms with Crippen LogP contribution in [0.4, 0.5) is 0 Å². The molecule has 0 amide bonds. The number of aryl methyl sites for hydroxylation is 4. The Labute approximate surface area is 176 Å². The molecule has 152 valence electrons. The predicted molar refractivity (Wildman–Crippen MR) is 119 cm³/mol. The smallest absolute Gasteiger partial charge is 0.283 e. The van der Waals surface area contributed by atoms with Crippen molar-refractivity contribution in [3.8, 4) is 5.69 Å². The maximum absolute atomic E-state index is 13.2. The zero-order chi connectivity index (χ0) is 20.8. The summed E-state index contributed by atoms with van der Waals surface area (Å²) >= 11 is 1.62. The van der Waals surface area contributed by atoms with Crippen LogP contribution in [-0.4, -0.2) is 25.7 Å². The van der Waals surface area contributed by atoms with E-state index in [0.29, 0.717) is 22.5 Å². The monoisotopic (exact) mass is 419 g/mol. The number of rotatable bonds is 3. The summed E-state index contributed by atoms with van der Waals surface area (Å²) in [5.74, 6) is 0.513. The molecule has 0 saturated carbocycles. The van der Waals surface area contributed by atoms with E-state index < -0.39 is 0 Å². The maximum Gasteiger partial charge on any atom is 0.283 e. The van der Waals surface area contributed by atoms with Crippen LogP contribution in [0.2, 0.25) is 0 Å². The highest BCUT2D eigenvalue weighted by Crippen LogP contribution is 2.33. The second-order valence-corrected chi connectivity index (χ2v) is 8.62. The standard InChI is InChI=1S/C22H21N5O2S/c1-13-17(21(28)27(25-13)15-8-4-3-5-9-15)12-23-26-14(2)24-20-19(22(26)29)16-10-6-7-11-18(16)30-20/h3-5,8-9,12,25H,6-7,10-11H2,1-2H3/b23-12+. The third kappa shape index (κ3) is 2.95. The van der Waals surface area contributed by atoms with Crippen LogP contribution in [0, 0.1) is 13.8 Å². The van der Waals surface area contributed by atoms with E-state index in [1.54, 1.807) is 18.3 Å². The first-order valence-corrected chi connectivity index (χ1v) is 10.8. The van der Waals surface area contributed by atoms with Gasteiger partial charge in [0.05, 0.1) is 22.9 Å². The first kappa shape index (κ1) is 18.7. The van der Waals surface area contributed by atoms with Gasteiger partial charge in [-0.15, -0.1) is 11.3 Å². The van der Waals surface area contributed by atoms with Gasteiger partial charge in [0.15, 0.2) is 0 Å². The van der Waals surface area contributed by atoms with Gasteiger partial charge in [0.2, 0.25) is 0 Å². The molecule has 1 N–H and O–H groups in total. The molecule has 0 aliphatic heterocycles. The molecule has 3 aromatic heterocycles. The number of benzene rings is 1. The molecule has 3 heterocycles. The summed E-state index contributed by atoms with van der Waals surface area (Å²) in [7, 11) is 0. The van der Waals surface area contributed by atoms with E-state index in [9.17, 15) is 9.59 Å². The Bertz CT molecular complexity index is 1410. The number of fused-ring (bicyclic) bond motifs is 3. The molecule has 0 spiro atoms. The largest absolute Gasteiger partial charge is 0.295 e. The van der Waals surface area contributed by atoms with Crippen molar-refractivity contribution in [2.45, 2.75) is 39.5 Å². The molecule has 1 aliphatic carbocycles. The molecule has 1 aliphatic rings. The number of hydrogen-bond acceptors (Lipinski definition) is 5. The molecular formula is C22H21N5O2S. The number of nitrogens with zero attached hydrogens (tertiary/aromatic N) is 4. The fraction of sp³-hybridized carbons (Fsp3) is 0.273. The molecule has 0 fully saturated rings. The lowest BCUT2D eigenvalue weighted by Crippen LogP contribution is -2.22. The normalized spacial score (nSPS) is 13.9. The van der Waals surface area contributed by atoms with E-state index in [1.807, 2.05) is 37.3 Å². The van der Waals surface area contributed by atoms with Crippen LogP contribution in [0.15, 0.2) is 45.0 Å². The summed E-state index contributed by atoms with van der Waals surface area (Å²) < 4.78 is 2.78. The minimum absolute atomic E-state index is 0.162.